The van der Waals surface area contributed by atoms with Gasteiger partial charge < -0.3 is 14.8 Å². The summed E-state index contributed by atoms with van der Waals surface area (Å²) in [6.45, 7) is 3.27. The smallest absolute Gasteiger partial charge is 0.423 e. The molecule has 27 heavy (non-hydrogen) atoms. The molecule has 3 rings (SSSR count). The lowest BCUT2D eigenvalue weighted by atomic mass is 10.2. The number of alkyl halides is 3. The van der Waals surface area contributed by atoms with Gasteiger partial charge in [0.05, 0.1) is 12.2 Å². The third kappa shape index (κ3) is 5.24. The molecule has 0 saturated heterocycles. The maximum absolute atomic E-state index is 13.1. The Bertz CT molecular complexity index is 758. The van der Waals surface area contributed by atoms with E-state index in [1.807, 2.05) is 12.1 Å². The van der Waals surface area contributed by atoms with Gasteiger partial charge in [-0.1, -0.05) is 0 Å². The second-order valence-corrected chi connectivity index (χ2v) is 6.75. The van der Waals surface area contributed by atoms with E-state index in [2.05, 4.69) is 15.3 Å². The Kier molecular flexibility index (Phi) is 5.72. The molecule has 1 saturated carbocycles. The number of halogens is 3. The van der Waals surface area contributed by atoms with Crippen LogP contribution < -0.4 is 14.8 Å². The molecular weight excluding hydrogens is 359 g/mol. The molecule has 1 fully saturated rings. The second-order valence-electron chi connectivity index (χ2n) is 6.75. The predicted octanol–water partition coefficient (Wildman–Crippen LogP) is 5.35. The van der Waals surface area contributed by atoms with Crippen molar-refractivity contribution in [1.29, 1.82) is 0 Å². The van der Waals surface area contributed by atoms with Gasteiger partial charge in [-0.3, -0.25) is 0 Å². The lowest BCUT2D eigenvalue weighted by Crippen LogP contribution is -2.15. The number of hydrogen-bond donors (Lipinski definition) is 1. The number of nitrogens with one attached hydrogen (secondary N) is 1. The average Bonchev–Trinajstić information content (AvgIpc) is 3.08. The van der Waals surface area contributed by atoms with Crippen LogP contribution in [0, 0.1) is 0 Å². The van der Waals surface area contributed by atoms with Crippen molar-refractivity contribution in [3.05, 3.63) is 36.0 Å². The van der Waals surface area contributed by atoms with Gasteiger partial charge in [-0.2, -0.15) is 18.2 Å². The molecule has 1 heterocycles. The van der Waals surface area contributed by atoms with Crippen LogP contribution in [0.4, 0.5) is 24.8 Å². The second kappa shape index (κ2) is 8.02. The number of rotatable bonds is 6. The van der Waals surface area contributed by atoms with Gasteiger partial charge in [-0.15, -0.1) is 0 Å². The van der Waals surface area contributed by atoms with Crippen molar-refractivity contribution >= 4 is 11.6 Å². The summed E-state index contributed by atoms with van der Waals surface area (Å²) in [6.07, 6.45) is 0.480. The highest BCUT2D eigenvalue weighted by molar-refractivity contribution is 5.55. The first-order valence-corrected chi connectivity index (χ1v) is 8.96. The topological polar surface area (TPSA) is 56.3 Å². The minimum atomic E-state index is -4.58. The quantitative estimate of drug-likeness (QED) is 0.731. The van der Waals surface area contributed by atoms with Crippen LogP contribution in [0.2, 0.25) is 0 Å². The van der Waals surface area contributed by atoms with E-state index in [1.54, 1.807) is 26.0 Å². The number of aromatic nitrogens is 2. The molecule has 1 aliphatic carbocycles. The van der Waals surface area contributed by atoms with E-state index in [1.165, 1.54) is 12.8 Å². The molecule has 0 unspecified atom stereocenters. The summed E-state index contributed by atoms with van der Waals surface area (Å²) in [6, 6.07) is 7.18. The van der Waals surface area contributed by atoms with Crippen molar-refractivity contribution in [2.45, 2.75) is 57.9 Å². The highest BCUT2D eigenvalue weighted by Crippen LogP contribution is 2.35. The molecular formula is C19H22F3N3O2. The third-order valence-electron chi connectivity index (χ3n) is 4.12. The van der Waals surface area contributed by atoms with Crippen molar-refractivity contribution in [3.63, 3.8) is 0 Å². The molecule has 2 aromatic rings. The molecule has 0 atom stereocenters. The summed E-state index contributed by atoms with van der Waals surface area (Å²) in [7, 11) is 0. The molecule has 0 amide bonds. The summed E-state index contributed by atoms with van der Waals surface area (Å²) >= 11 is 0. The van der Waals surface area contributed by atoms with Crippen LogP contribution >= 0.6 is 0 Å². The SMILES string of the molecule is CC(C)Oc1nc(Nc2ccc(OC3CCCC3)cc2)ncc1C(F)(F)F. The van der Waals surface area contributed by atoms with Gasteiger partial charge in [0.1, 0.15) is 11.3 Å². The Morgan fingerprint density at radius 3 is 2.37 bits per heavy atom. The zero-order valence-electron chi connectivity index (χ0n) is 15.2. The summed E-state index contributed by atoms with van der Waals surface area (Å²) in [5.41, 5.74) is -0.355. The fourth-order valence-electron chi connectivity index (χ4n) is 2.88. The number of benzene rings is 1. The molecule has 1 N–H and O–H groups in total. The zero-order valence-corrected chi connectivity index (χ0v) is 15.2. The van der Waals surface area contributed by atoms with Gasteiger partial charge in [-0.05, 0) is 63.8 Å². The van der Waals surface area contributed by atoms with Gasteiger partial charge in [0.25, 0.3) is 0 Å². The average molecular weight is 381 g/mol. The van der Waals surface area contributed by atoms with E-state index in [-0.39, 0.29) is 12.1 Å². The Balaban J connectivity index is 1.72. The Morgan fingerprint density at radius 2 is 1.78 bits per heavy atom. The van der Waals surface area contributed by atoms with Gasteiger partial charge in [0, 0.05) is 11.9 Å². The van der Waals surface area contributed by atoms with E-state index in [0.29, 0.717) is 5.69 Å². The van der Waals surface area contributed by atoms with Crippen molar-refractivity contribution < 1.29 is 22.6 Å². The standard InChI is InChI=1S/C19H22F3N3O2/c1-12(2)26-17-16(19(20,21)22)11-23-18(25-17)24-13-7-9-15(10-8-13)27-14-5-3-4-6-14/h7-12,14H,3-6H2,1-2H3,(H,23,24,25). The number of ether oxygens (including phenoxy) is 2. The van der Waals surface area contributed by atoms with Crippen molar-refractivity contribution in [2.24, 2.45) is 0 Å². The van der Waals surface area contributed by atoms with Crippen LogP contribution in [0.25, 0.3) is 0 Å². The Hall–Kier alpha value is -2.51. The molecule has 0 radical (unpaired) electrons. The van der Waals surface area contributed by atoms with Gasteiger partial charge in [-0.25, -0.2) is 4.98 Å². The van der Waals surface area contributed by atoms with Crippen molar-refractivity contribution in [3.8, 4) is 11.6 Å². The predicted molar refractivity (Wildman–Crippen MR) is 95.4 cm³/mol. The van der Waals surface area contributed by atoms with Crippen LogP contribution in [0.5, 0.6) is 11.6 Å². The van der Waals surface area contributed by atoms with E-state index >= 15 is 0 Å². The maximum atomic E-state index is 13.1. The van der Waals surface area contributed by atoms with E-state index < -0.39 is 23.7 Å². The fraction of sp³-hybridized carbons (Fsp3) is 0.474. The first-order valence-electron chi connectivity index (χ1n) is 8.96. The highest BCUT2D eigenvalue weighted by atomic mass is 19.4. The third-order valence-corrected chi connectivity index (χ3v) is 4.12. The van der Waals surface area contributed by atoms with Gasteiger partial charge >= 0.3 is 6.18 Å². The van der Waals surface area contributed by atoms with Crippen LogP contribution in [0.15, 0.2) is 30.5 Å². The minimum absolute atomic E-state index is 0.0307. The summed E-state index contributed by atoms with van der Waals surface area (Å²) < 4.78 is 50.3. The Morgan fingerprint density at radius 1 is 1.11 bits per heavy atom. The fourth-order valence-corrected chi connectivity index (χ4v) is 2.88. The highest BCUT2D eigenvalue weighted by Gasteiger charge is 2.36. The van der Waals surface area contributed by atoms with Gasteiger partial charge in [0.2, 0.25) is 11.8 Å². The molecule has 146 valence electrons. The normalized spacial score (nSPS) is 15.2. The molecule has 5 nitrogen and oxygen atoms in total. The number of anilines is 2. The molecule has 1 aromatic heterocycles. The molecule has 0 spiro atoms. The minimum Gasteiger partial charge on any atom is -0.490 e. The van der Waals surface area contributed by atoms with E-state index in [9.17, 15) is 13.2 Å². The first-order chi connectivity index (χ1) is 12.8. The zero-order chi connectivity index (χ0) is 19.4. The van der Waals surface area contributed by atoms with Crippen molar-refractivity contribution in [1.82, 2.24) is 9.97 Å². The molecule has 1 aliphatic rings. The largest absolute Gasteiger partial charge is 0.490 e. The lowest BCUT2D eigenvalue weighted by molar-refractivity contribution is -0.139. The first kappa shape index (κ1) is 19.3. The van der Waals surface area contributed by atoms with Crippen LogP contribution in [0.3, 0.4) is 0 Å². The van der Waals surface area contributed by atoms with E-state index in [0.717, 1.165) is 24.8 Å². The molecule has 8 heteroatoms. The van der Waals surface area contributed by atoms with Gasteiger partial charge in [0.15, 0.2) is 0 Å². The Labute approximate surface area is 155 Å². The van der Waals surface area contributed by atoms with Crippen molar-refractivity contribution in [2.75, 3.05) is 5.32 Å². The lowest BCUT2D eigenvalue weighted by Gasteiger charge is -2.16. The number of hydrogen-bond acceptors (Lipinski definition) is 5. The van der Waals surface area contributed by atoms with Crippen LogP contribution in [-0.4, -0.2) is 22.2 Å². The molecule has 0 aliphatic heterocycles. The van der Waals surface area contributed by atoms with Crippen LogP contribution in [0.1, 0.15) is 45.1 Å². The molecule has 1 aromatic carbocycles. The maximum Gasteiger partial charge on any atom is 0.423 e. The van der Waals surface area contributed by atoms with E-state index in [4.69, 9.17) is 9.47 Å². The molecule has 0 bridgehead atoms. The monoisotopic (exact) mass is 381 g/mol. The summed E-state index contributed by atoms with van der Waals surface area (Å²) in [5.74, 6) is 0.309. The van der Waals surface area contributed by atoms with Crippen LogP contribution in [-0.2, 0) is 6.18 Å². The summed E-state index contributed by atoms with van der Waals surface area (Å²) in [4.78, 5) is 7.65. The summed E-state index contributed by atoms with van der Waals surface area (Å²) in [5, 5.41) is 2.89. The number of nitrogens with zero attached hydrogens (tertiary/aromatic N) is 2.